The molecule has 1 aromatic heterocycles. The Hall–Kier alpha value is -1.07. The first-order valence-corrected chi connectivity index (χ1v) is 7.88. The second kappa shape index (κ2) is 7.64. The Labute approximate surface area is 125 Å². The predicted molar refractivity (Wildman–Crippen MR) is 83.0 cm³/mol. The first-order chi connectivity index (χ1) is 9.34. The van der Waals surface area contributed by atoms with Crippen LogP contribution >= 0.6 is 11.8 Å². The van der Waals surface area contributed by atoms with Crippen molar-refractivity contribution in [1.29, 1.82) is 0 Å². The minimum atomic E-state index is -0.365. The van der Waals surface area contributed by atoms with Crippen molar-refractivity contribution < 1.29 is 9.90 Å². The van der Waals surface area contributed by atoms with Crippen LogP contribution in [0.5, 0.6) is 0 Å². The summed E-state index contributed by atoms with van der Waals surface area (Å²) in [6.07, 6.45) is 1.95. The van der Waals surface area contributed by atoms with Gasteiger partial charge in [-0.2, -0.15) is 0 Å². The maximum Gasteiger partial charge on any atom is 0.251 e. The van der Waals surface area contributed by atoms with E-state index in [0.717, 1.165) is 10.8 Å². The Balaban J connectivity index is 2.60. The van der Waals surface area contributed by atoms with E-state index in [1.807, 2.05) is 19.9 Å². The summed E-state index contributed by atoms with van der Waals surface area (Å²) in [6, 6.07) is 3.53. The number of aliphatic hydroxyl groups excluding tert-OH is 1. The summed E-state index contributed by atoms with van der Waals surface area (Å²) in [6.45, 7) is 8.42. The summed E-state index contributed by atoms with van der Waals surface area (Å²) in [5, 5.41) is 13.2. The highest BCUT2D eigenvalue weighted by molar-refractivity contribution is 7.99. The minimum absolute atomic E-state index is 0.0935. The fourth-order valence-corrected chi connectivity index (χ4v) is 2.71. The lowest BCUT2D eigenvalue weighted by Crippen LogP contribution is -2.35. The Morgan fingerprint density at radius 1 is 1.55 bits per heavy atom. The molecule has 20 heavy (non-hydrogen) atoms. The van der Waals surface area contributed by atoms with Gasteiger partial charge < -0.3 is 10.4 Å². The van der Waals surface area contributed by atoms with E-state index in [9.17, 15) is 9.90 Å². The van der Waals surface area contributed by atoms with E-state index in [1.54, 1.807) is 30.9 Å². The Kier molecular flexibility index (Phi) is 6.49. The quantitative estimate of drug-likeness (QED) is 0.760. The van der Waals surface area contributed by atoms with Gasteiger partial charge in [0.1, 0.15) is 0 Å². The largest absolute Gasteiger partial charge is 0.393 e. The highest BCUT2D eigenvalue weighted by Crippen LogP contribution is 2.21. The molecule has 0 saturated heterocycles. The van der Waals surface area contributed by atoms with Gasteiger partial charge in [-0.1, -0.05) is 20.8 Å². The highest BCUT2D eigenvalue weighted by atomic mass is 32.2. The zero-order chi connectivity index (χ0) is 15.2. The van der Waals surface area contributed by atoms with Gasteiger partial charge in [-0.3, -0.25) is 4.79 Å². The maximum atomic E-state index is 12.1. The molecule has 0 aromatic carbocycles. The number of thioether (sulfide) groups is 1. The number of nitrogens with one attached hydrogen (secondary N) is 1. The minimum Gasteiger partial charge on any atom is -0.393 e. The summed E-state index contributed by atoms with van der Waals surface area (Å²) in [5.74, 6) is 0.837. The predicted octanol–water partition coefficient (Wildman–Crippen LogP) is 2.72. The van der Waals surface area contributed by atoms with E-state index in [0.29, 0.717) is 18.5 Å². The summed E-state index contributed by atoms with van der Waals surface area (Å²) in [7, 11) is 0. The van der Waals surface area contributed by atoms with Gasteiger partial charge in [0.15, 0.2) is 0 Å². The van der Waals surface area contributed by atoms with Crippen molar-refractivity contribution in [1.82, 2.24) is 10.3 Å². The lowest BCUT2D eigenvalue weighted by Gasteiger charge is -2.26. The summed E-state index contributed by atoms with van der Waals surface area (Å²) >= 11 is 1.61. The van der Waals surface area contributed by atoms with Gasteiger partial charge in [-0.05, 0) is 36.6 Å². The van der Waals surface area contributed by atoms with E-state index in [-0.39, 0.29) is 17.4 Å². The van der Waals surface area contributed by atoms with E-state index in [1.165, 1.54) is 0 Å². The van der Waals surface area contributed by atoms with E-state index in [2.05, 4.69) is 17.2 Å². The topological polar surface area (TPSA) is 62.2 Å². The maximum absolute atomic E-state index is 12.1. The summed E-state index contributed by atoms with van der Waals surface area (Å²) in [5.41, 5.74) is 0.501. The number of amides is 1. The number of rotatable bonds is 7. The van der Waals surface area contributed by atoms with Crippen LogP contribution in [0.3, 0.4) is 0 Å². The first-order valence-electron chi connectivity index (χ1n) is 6.89. The molecule has 1 rings (SSSR count). The lowest BCUT2D eigenvalue weighted by atomic mass is 9.87. The van der Waals surface area contributed by atoms with Crippen LogP contribution in [0.2, 0.25) is 0 Å². The van der Waals surface area contributed by atoms with Crippen molar-refractivity contribution in [2.45, 2.75) is 45.2 Å². The van der Waals surface area contributed by atoms with Crippen molar-refractivity contribution in [3.8, 4) is 0 Å². The number of hydrogen-bond acceptors (Lipinski definition) is 4. The van der Waals surface area contributed by atoms with Gasteiger partial charge in [0.05, 0.1) is 11.1 Å². The van der Waals surface area contributed by atoms with Crippen LogP contribution in [0.25, 0.3) is 0 Å². The van der Waals surface area contributed by atoms with E-state index < -0.39 is 0 Å². The third kappa shape index (κ3) is 5.92. The van der Waals surface area contributed by atoms with Crippen LogP contribution < -0.4 is 5.32 Å². The van der Waals surface area contributed by atoms with Crippen molar-refractivity contribution in [3.05, 3.63) is 23.9 Å². The third-order valence-electron chi connectivity index (χ3n) is 2.86. The molecule has 112 valence electrons. The molecule has 0 fully saturated rings. The monoisotopic (exact) mass is 296 g/mol. The Morgan fingerprint density at radius 3 is 2.85 bits per heavy atom. The smallest absolute Gasteiger partial charge is 0.251 e. The average Bonchev–Trinajstić information content (AvgIpc) is 2.35. The standard InChI is InChI=1S/C15H24N2O2S/c1-5-20-13-8-12(6-7-16-13)14(19)17-10-15(3,4)9-11(2)18/h6-8,11,18H,5,9-10H2,1-4H3,(H,17,19). The molecular formula is C15H24N2O2S. The molecule has 2 N–H and O–H groups in total. The normalized spacial score (nSPS) is 13.1. The molecular weight excluding hydrogens is 272 g/mol. The molecule has 0 bridgehead atoms. The molecule has 0 aliphatic heterocycles. The Bertz CT molecular complexity index is 447. The van der Waals surface area contributed by atoms with Crippen LogP contribution in [0, 0.1) is 5.41 Å². The highest BCUT2D eigenvalue weighted by Gasteiger charge is 2.21. The van der Waals surface area contributed by atoms with Crippen molar-refractivity contribution >= 4 is 17.7 Å². The van der Waals surface area contributed by atoms with Gasteiger partial charge in [0.25, 0.3) is 5.91 Å². The fraction of sp³-hybridized carbons (Fsp3) is 0.600. The van der Waals surface area contributed by atoms with Crippen LogP contribution in [0.15, 0.2) is 23.4 Å². The number of carbonyl (C=O) groups excluding carboxylic acids is 1. The van der Waals surface area contributed by atoms with E-state index >= 15 is 0 Å². The molecule has 5 heteroatoms. The molecule has 1 aromatic rings. The van der Waals surface area contributed by atoms with Gasteiger partial charge in [-0.25, -0.2) is 4.98 Å². The molecule has 1 amide bonds. The molecule has 1 heterocycles. The first kappa shape index (κ1) is 17.0. The molecule has 0 spiro atoms. The van der Waals surface area contributed by atoms with Gasteiger partial charge >= 0.3 is 0 Å². The number of carbonyl (C=O) groups is 1. The molecule has 4 nitrogen and oxygen atoms in total. The molecule has 0 aliphatic carbocycles. The molecule has 0 radical (unpaired) electrons. The van der Waals surface area contributed by atoms with Crippen molar-refractivity contribution in [2.24, 2.45) is 5.41 Å². The molecule has 1 unspecified atom stereocenters. The average molecular weight is 296 g/mol. The Morgan fingerprint density at radius 2 is 2.25 bits per heavy atom. The molecule has 1 atom stereocenters. The number of nitrogens with zero attached hydrogens (tertiary/aromatic N) is 1. The summed E-state index contributed by atoms with van der Waals surface area (Å²) < 4.78 is 0. The van der Waals surface area contributed by atoms with Crippen LogP contribution in [-0.4, -0.2) is 34.4 Å². The van der Waals surface area contributed by atoms with Crippen LogP contribution in [0.1, 0.15) is 44.5 Å². The zero-order valence-corrected chi connectivity index (χ0v) is 13.5. The van der Waals surface area contributed by atoms with Crippen molar-refractivity contribution in [2.75, 3.05) is 12.3 Å². The number of hydrogen-bond donors (Lipinski definition) is 2. The second-order valence-electron chi connectivity index (χ2n) is 5.72. The summed E-state index contributed by atoms with van der Waals surface area (Å²) in [4.78, 5) is 16.3. The van der Waals surface area contributed by atoms with Crippen LogP contribution in [0.4, 0.5) is 0 Å². The van der Waals surface area contributed by atoms with E-state index in [4.69, 9.17) is 0 Å². The fourth-order valence-electron chi connectivity index (χ4n) is 2.07. The number of aromatic nitrogens is 1. The number of pyridine rings is 1. The van der Waals surface area contributed by atoms with Gasteiger partial charge in [0, 0.05) is 18.3 Å². The third-order valence-corrected chi connectivity index (χ3v) is 3.67. The molecule has 0 aliphatic rings. The van der Waals surface area contributed by atoms with Gasteiger partial charge in [-0.15, -0.1) is 11.8 Å². The van der Waals surface area contributed by atoms with Crippen LogP contribution in [-0.2, 0) is 0 Å². The van der Waals surface area contributed by atoms with Gasteiger partial charge in [0.2, 0.25) is 0 Å². The van der Waals surface area contributed by atoms with Crippen molar-refractivity contribution in [3.63, 3.8) is 0 Å². The molecule has 0 saturated carbocycles. The second-order valence-corrected chi connectivity index (χ2v) is 7.00. The lowest BCUT2D eigenvalue weighted by molar-refractivity contribution is 0.0901. The zero-order valence-electron chi connectivity index (χ0n) is 12.6. The SMILES string of the molecule is CCSc1cc(C(=O)NCC(C)(C)CC(C)O)ccn1. The number of aliphatic hydroxyl groups is 1.